The van der Waals surface area contributed by atoms with Crippen LogP contribution in [0, 0.1) is 0 Å². The van der Waals surface area contributed by atoms with Gasteiger partial charge in [0.05, 0.1) is 0 Å². The van der Waals surface area contributed by atoms with Crippen molar-refractivity contribution in [3.8, 4) is 5.75 Å². The lowest BCUT2D eigenvalue weighted by molar-refractivity contribution is 0.0823. The first kappa shape index (κ1) is 10.2. The first-order chi connectivity index (χ1) is 7.77. The van der Waals surface area contributed by atoms with Gasteiger partial charge in [-0.2, -0.15) is 0 Å². The number of benzene rings is 1. The van der Waals surface area contributed by atoms with Gasteiger partial charge < -0.3 is 10.1 Å². The minimum atomic E-state index is -0.0912. The number of rotatable bonds is 0. The number of piperidine rings is 1. The monoisotopic (exact) mass is 235 g/mol. The van der Waals surface area contributed by atoms with Crippen LogP contribution in [0.4, 0.5) is 0 Å². The van der Waals surface area contributed by atoms with Gasteiger partial charge >= 0.3 is 0 Å². The largest absolute Gasteiger partial charge is 0.482 e. The number of halogens is 1. The zero-order valence-electron chi connectivity index (χ0n) is 9.00. The predicted molar refractivity (Wildman–Crippen MR) is 65.9 cm³/mol. The van der Waals surface area contributed by atoms with E-state index < -0.39 is 0 Å². The van der Waals surface area contributed by atoms with E-state index in [-0.39, 0.29) is 5.60 Å². The van der Waals surface area contributed by atoms with E-state index in [4.69, 9.17) is 16.3 Å². The summed E-state index contributed by atoms with van der Waals surface area (Å²) in [5, 5.41) is 4.11. The van der Waals surface area contributed by atoms with Gasteiger partial charge in [0.1, 0.15) is 11.4 Å². The second-order valence-corrected chi connectivity index (χ2v) is 4.87. The van der Waals surface area contributed by atoms with Crippen LogP contribution in [0.2, 0.25) is 5.02 Å². The van der Waals surface area contributed by atoms with E-state index in [1.54, 1.807) is 0 Å². The summed E-state index contributed by atoms with van der Waals surface area (Å²) in [5.41, 5.74) is 0.989. The van der Waals surface area contributed by atoms with E-state index in [2.05, 4.69) is 17.5 Å². The summed E-state index contributed by atoms with van der Waals surface area (Å²) in [4.78, 5) is 0. The van der Waals surface area contributed by atoms with Gasteiger partial charge in [0.25, 0.3) is 0 Å². The van der Waals surface area contributed by atoms with Crippen molar-refractivity contribution < 1.29 is 4.74 Å². The molecular formula is C13H14ClNO. The molecule has 0 aromatic heterocycles. The zero-order chi connectivity index (χ0) is 11.0. The Labute approximate surface area is 100 Å². The van der Waals surface area contributed by atoms with E-state index >= 15 is 0 Å². The molecular weight excluding hydrogens is 222 g/mol. The van der Waals surface area contributed by atoms with Gasteiger partial charge in [-0.05, 0) is 37.4 Å². The summed E-state index contributed by atoms with van der Waals surface area (Å²) in [7, 11) is 0. The standard InChI is InChI=1S/C13H14ClNO/c14-11-1-2-12-10(9-11)3-4-13(16-12)5-7-15-8-6-13/h1-4,9,15H,5-8H2. The summed E-state index contributed by atoms with van der Waals surface area (Å²) < 4.78 is 6.13. The van der Waals surface area contributed by atoms with Crippen molar-refractivity contribution in [1.29, 1.82) is 0 Å². The molecule has 16 heavy (non-hydrogen) atoms. The number of hydrogen-bond acceptors (Lipinski definition) is 2. The van der Waals surface area contributed by atoms with E-state index in [0.29, 0.717) is 0 Å². The Bertz CT molecular complexity index is 436. The fourth-order valence-corrected chi connectivity index (χ4v) is 2.54. The van der Waals surface area contributed by atoms with E-state index in [1.165, 1.54) is 0 Å². The van der Waals surface area contributed by atoms with Gasteiger partial charge in [-0.15, -0.1) is 0 Å². The second-order valence-electron chi connectivity index (χ2n) is 4.43. The molecule has 3 heteroatoms. The molecule has 1 aromatic rings. The van der Waals surface area contributed by atoms with Gasteiger partial charge in [-0.3, -0.25) is 0 Å². The van der Waals surface area contributed by atoms with Crippen molar-refractivity contribution in [3.05, 3.63) is 34.9 Å². The molecule has 1 fully saturated rings. The lowest BCUT2D eigenvalue weighted by Crippen LogP contribution is -2.45. The van der Waals surface area contributed by atoms with E-state index in [9.17, 15) is 0 Å². The molecule has 1 aromatic carbocycles. The van der Waals surface area contributed by atoms with Gasteiger partial charge in [-0.1, -0.05) is 17.7 Å². The second kappa shape index (κ2) is 3.79. The van der Waals surface area contributed by atoms with Crippen LogP contribution in [-0.2, 0) is 0 Å². The Morgan fingerprint density at radius 3 is 2.88 bits per heavy atom. The third-order valence-corrected chi connectivity index (χ3v) is 3.54. The van der Waals surface area contributed by atoms with Crippen LogP contribution in [0.5, 0.6) is 5.75 Å². The molecule has 84 valence electrons. The predicted octanol–water partition coefficient (Wildman–Crippen LogP) is 2.87. The van der Waals surface area contributed by atoms with Crippen molar-refractivity contribution >= 4 is 17.7 Å². The van der Waals surface area contributed by atoms with Crippen molar-refractivity contribution in [3.63, 3.8) is 0 Å². The van der Waals surface area contributed by atoms with Crippen LogP contribution >= 0.6 is 11.6 Å². The molecule has 0 aliphatic carbocycles. The number of nitrogens with one attached hydrogen (secondary N) is 1. The van der Waals surface area contributed by atoms with Gasteiger partial charge in [0, 0.05) is 23.4 Å². The molecule has 3 rings (SSSR count). The molecule has 2 aliphatic heterocycles. The molecule has 0 atom stereocenters. The Kier molecular flexibility index (Phi) is 2.41. The zero-order valence-corrected chi connectivity index (χ0v) is 9.76. The first-order valence-corrected chi connectivity index (χ1v) is 6.04. The van der Waals surface area contributed by atoms with Crippen molar-refractivity contribution in [2.24, 2.45) is 0 Å². The Hall–Kier alpha value is -0.990. The van der Waals surface area contributed by atoms with Gasteiger partial charge in [-0.25, -0.2) is 0 Å². The van der Waals surface area contributed by atoms with Gasteiger partial charge in [0.2, 0.25) is 0 Å². The maximum atomic E-state index is 6.13. The Morgan fingerprint density at radius 1 is 1.25 bits per heavy atom. The molecule has 1 spiro atoms. The number of ether oxygens (including phenoxy) is 1. The molecule has 0 unspecified atom stereocenters. The van der Waals surface area contributed by atoms with E-state index in [0.717, 1.165) is 42.3 Å². The lowest BCUT2D eigenvalue weighted by atomic mass is 9.89. The van der Waals surface area contributed by atoms with Crippen LogP contribution < -0.4 is 10.1 Å². The smallest absolute Gasteiger partial charge is 0.130 e. The molecule has 0 saturated carbocycles. The molecule has 0 amide bonds. The van der Waals surface area contributed by atoms with Crippen molar-refractivity contribution in [2.45, 2.75) is 18.4 Å². The average Bonchev–Trinajstić information content (AvgIpc) is 2.31. The maximum Gasteiger partial charge on any atom is 0.130 e. The number of fused-ring (bicyclic) bond motifs is 1. The third-order valence-electron chi connectivity index (χ3n) is 3.30. The fraction of sp³-hybridized carbons (Fsp3) is 0.385. The lowest BCUT2D eigenvalue weighted by Gasteiger charge is -2.38. The summed E-state index contributed by atoms with van der Waals surface area (Å²) in [6.07, 6.45) is 6.39. The third kappa shape index (κ3) is 1.72. The highest BCUT2D eigenvalue weighted by Crippen LogP contribution is 2.36. The summed E-state index contributed by atoms with van der Waals surface area (Å²) >= 11 is 5.95. The molecule has 2 nitrogen and oxygen atoms in total. The SMILES string of the molecule is Clc1ccc2c(c1)C=CC1(CCNCC1)O2. The van der Waals surface area contributed by atoms with Crippen LogP contribution in [0.3, 0.4) is 0 Å². The average molecular weight is 236 g/mol. The first-order valence-electron chi connectivity index (χ1n) is 5.66. The quantitative estimate of drug-likeness (QED) is 0.747. The molecule has 2 heterocycles. The number of hydrogen-bond donors (Lipinski definition) is 1. The van der Waals surface area contributed by atoms with Crippen LogP contribution in [0.1, 0.15) is 18.4 Å². The van der Waals surface area contributed by atoms with Crippen molar-refractivity contribution in [1.82, 2.24) is 5.32 Å². The summed E-state index contributed by atoms with van der Waals surface area (Å²) in [5.74, 6) is 0.953. The van der Waals surface area contributed by atoms with Crippen LogP contribution in [0.25, 0.3) is 6.08 Å². The molecule has 0 radical (unpaired) electrons. The van der Waals surface area contributed by atoms with Crippen molar-refractivity contribution in [2.75, 3.05) is 13.1 Å². The fourth-order valence-electron chi connectivity index (χ4n) is 2.36. The van der Waals surface area contributed by atoms with E-state index in [1.807, 2.05) is 18.2 Å². The topological polar surface area (TPSA) is 21.3 Å². The Balaban J connectivity index is 1.94. The highest BCUT2D eigenvalue weighted by atomic mass is 35.5. The summed E-state index contributed by atoms with van der Waals surface area (Å²) in [6, 6.07) is 5.79. The van der Waals surface area contributed by atoms with Gasteiger partial charge in [0.15, 0.2) is 0 Å². The Morgan fingerprint density at radius 2 is 2.06 bits per heavy atom. The minimum absolute atomic E-state index is 0.0912. The summed E-state index contributed by atoms with van der Waals surface area (Å²) in [6.45, 7) is 2.04. The molecule has 0 bridgehead atoms. The molecule has 1 saturated heterocycles. The maximum absolute atomic E-state index is 6.13. The van der Waals surface area contributed by atoms with Crippen LogP contribution in [0.15, 0.2) is 24.3 Å². The molecule has 1 N–H and O–H groups in total. The highest BCUT2D eigenvalue weighted by molar-refractivity contribution is 6.30. The molecule has 2 aliphatic rings. The highest BCUT2D eigenvalue weighted by Gasteiger charge is 2.34. The normalized spacial score (nSPS) is 21.6. The minimum Gasteiger partial charge on any atom is -0.482 e. The van der Waals surface area contributed by atoms with Crippen LogP contribution in [-0.4, -0.2) is 18.7 Å².